The zero-order valence-corrected chi connectivity index (χ0v) is 13.8. The Hall–Kier alpha value is -2.13. The highest BCUT2D eigenvalue weighted by Crippen LogP contribution is 2.48. The van der Waals surface area contributed by atoms with E-state index in [2.05, 4.69) is 5.32 Å². The Morgan fingerprint density at radius 2 is 2.25 bits per heavy atom. The Morgan fingerprint density at radius 3 is 2.79 bits per heavy atom. The van der Waals surface area contributed by atoms with Gasteiger partial charge in [-0.15, -0.1) is 0 Å². The lowest BCUT2D eigenvalue weighted by Crippen LogP contribution is -2.66. The van der Waals surface area contributed by atoms with Gasteiger partial charge in [0, 0.05) is 32.2 Å². The summed E-state index contributed by atoms with van der Waals surface area (Å²) in [5.74, 6) is 0.103. The van der Waals surface area contributed by atoms with Crippen LogP contribution < -0.4 is 5.32 Å². The smallest absolute Gasteiger partial charge is 0.317 e. The monoisotopic (exact) mass is 331 g/mol. The second-order valence-electron chi connectivity index (χ2n) is 6.86. The van der Waals surface area contributed by atoms with E-state index in [1.807, 2.05) is 0 Å². The van der Waals surface area contributed by atoms with Gasteiger partial charge in [0.15, 0.2) is 0 Å². The number of hydrogen-bond acceptors (Lipinski definition) is 3. The fourth-order valence-electron chi connectivity index (χ4n) is 3.68. The zero-order chi connectivity index (χ0) is 17.2. The molecule has 1 aliphatic heterocycles. The normalized spacial score (nSPS) is 19.1. The molecular formula is C18H22FN3O2. The standard InChI is InChI=1S/C18H22FN3O2/c1-24-12-18(15-3-2-4-15)10-22(11-18)17(23)21-9-13-5-6-14(8-20)16(19)7-13/h5-7,15H,2-4,9-12H2,1H3,(H,21,23). The number of ether oxygens (including phenoxy) is 1. The Morgan fingerprint density at radius 1 is 1.50 bits per heavy atom. The van der Waals surface area contributed by atoms with Crippen LogP contribution in [0.15, 0.2) is 18.2 Å². The summed E-state index contributed by atoms with van der Waals surface area (Å²) >= 11 is 0. The third kappa shape index (κ3) is 3.09. The Balaban J connectivity index is 1.51. The predicted octanol–water partition coefficient (Wildman–Crippen LogP) is 2.66. The van der Waals surface area contributed by atoms with Crippen molar-refractivity contribution in [3.63, 3.8) is 0 Å². The second-order valence-corrected chi connectivity index (χ2v) is 6.86. The van der Waals surface area contributed by atoms with Crippen LogP contribution in [0.5, 0.6) is 0 Å². The van der Waals surface area contributed by atoms with E-state index in [4.69, 9.17) is 10.00 Å². The molecule has 128 valence electrons. The van der Waals surface area contributed by atoms with Crippen molar-refractivity contribution in [2.75, 3.05) is 26.8 Å². The molecule has 0 unspecified atom stereocenters. The molecule has 0 radical (unpaired) electrons. The quantitative estimate of drug-likeness (QED) is 0.902. The fraction of sp³-hybridized carbons (Fsp3) is 0.556. The first-order valence-corrected chi connectivity index (χ1v) is 8.28. The molecule has 2 fully saturated rings. The van der Waals surface area contributed by atoms with Crippen molar-refractivity contribution in [3.8, 4) is 6.07 Å². The number of amides is 2. The first kappa shape index (κ1) is 16.7. The van der Waals surface area contributed by atoms with Gasteiger partial charge in [-0.25, -0.2) is 9.18 Å². The summed E-state index contributed by atoms with van der Waals surface area (Å²) in [6.45, 7) is 2.39. The van der Waals surface area contributed by atoms with Crippen LogP contribution in [0, 0.1) is 28.5 Å². The zero-order valence-electron chi connectivity index (χ0n) is 13.8. The summed E-state index contributed by atoms with van der Waals surface area (Å²) in [4.78, 5) is 14.0. The highest BCUT2D eigenvalue weighted by atomic mass is 19.1. The molecule has 0 bridgehead atoms. The number of nitriles is 1. The third-order valence-electron chi connectivity index (χ3n) is 5.30. The molecule has 1 heterocycles. The summed E-state index contributed by atoms with van der Waals surface area (Å²) in [6.07, 6.45) is 3.72. The molecule has 2 amide bonds. The van der Waals surface area contributed by atoms with Gasteiger partial charge in [0.25, 0.3) is 0 Å². The number of carbonyl (C=O) groups is 1. The van der Waals surface area contributed by atoms with Gasteiger partial charge in [-0.2, -0.15) is 5.26 Å². The van der Waals surface area contributed by atoms with Gasteiger partial charge in [0.1, 0.15) is 11.9 Å². The van der Waals surface area contributed by atoms with Gasteiger partial charge in [0.05, 0.1) is 12.2 Å². The van der Waals surface area contributed by atoms with E-state index in [9.17, 15) is 9.18 Å². The van der Waals surface area contributed by atoms with E-state index in [1.165, 1.54) is 31.4 Å². The van der Waals surface area contributed by atoms with Gasteiger partial charge in [0.2, 0.25) is 0 Å². The van der Waals surface area contributed by atoms with Crippen molar-refractivity contribution in [2.24, 2.45) is 11.3 Å². The molecule has 24 heavy (non-hydrogen) atoms. The molecule has 1 N–H and O–H groups in total. The molecule has 1 aromatic carbocycles. The van der Waals surface area contributed by atoms with Crippen molar-refractivity contribution in [3.05, 3.63) is 35.1 Å². The van der Waals surface area contributed by atoms with Crippen molar-refractivity contribution in [1.29, 1.82) is 5.26 Å². The van der Waals surface area contributed by atoms with Crippen LogP contribution in [0.25, 0.3) is 0 Å². The minimum absolute atomic E-state index is 0.0117. The van der Waals surface area contributed by atoms with Gasteiger partial charge in [-0.05, 0) is 36.5 Å². The van der Waals surface area contributed by atoms with Gasteiger partial charge >= 0.3 is 6.03 Å². The summed E-state index contributed by atoms with van der Waals surface area (Å²) in [5.41, 5.74) is 0.769. The predicted molar refractivity (Wildman–Crippen MR) is 86.6 cm³/mol. The van der Waals surface area contributed by atoms with Crippen LogP contribution in [0.4, 0.5) is 9.18 Å². The van der Waals surface area contributed by atoms with E-state index in [-0.39, 0.29) is 23.6 Å². The molecule has 2 aliphatic rings. The number of nitrogens with zero attached hydrogens (tertiary/aromatic N) is 2. The maximum Gasteiger partial charge on any atom is 0.317 e. The van der Waals surface area contributed by atoms with E-state index in [1.54, 1.807) is 24.1 Å². The molecule has 6 heteroatoms. The first-order valence-electron chi connectivity index (χ1n) is 8.28. The van der Waals surface area contributed by atoms with E-state index >= 15 is 0 Å². The van der Waals surface area contributed by atoms with Crippen molar-refractivity contribution < 1.29 is 13.9 Å². The van der Waals surface area contributed by atoms with Crippen LogP contribution in [-0.4, -0.2) is 37.7 Å². The van der Waals surface area contributed by atoms with Crippen LogP contribution in [0.1, 0.15) is 30.4 Å². The third-order valence-corrected chi connectivity index (χ3v) is 5.30. The highest BCUT2D eigenvalue weighted by Gasteiger charge is 2.51. The SMILES string of the molecule is COCC1(C2CCC2)CN(C(=O)NCc2ccc(C#N)c(F)c2)C1. The van der Waals surface area contributed by atoms with Crippen molar-refractivity contribution >= 4 is 6.03 Å². The number of likely N-dealkylation sites (tertiary alicyclic amines) is 1. The summed E-state index contributed by atoms with van der Waals surface area (Å²) < 4.78 is 18.9. The van der Waals surface area contributed by atoms with Crippen LogP contribution in [0.3, 0.4) is 0 Å². The maximum absolute atomic E-state index is 13.6. The molecule has 0 aromatic heterocycles. The average molecular weight is 331 g/mol. The number of hydrogen-bond donors (Lipinski definition) is 1. The van der Waals surface area contributed by atoms with Crippen molar-refractivity contribution in [2.45, 2.75) is 25.8 Å². The minimum Gasteiger partial charge on any atom is -0.384 e. The molecule has 1 aromatic rings. The van der Waals surface area contributed by atoms with E-state index in [0.29, 0.717) is 18.1 Å². The Labute approximate surface area is 141 Å². The Kier molecular flexibility index (Phi) is 4.72. The molecule has 0 spiro atoms. The largest absolute Gasteiger partial charge is 0.384 e. The summed E-state index contributed by atoms with van der Waals surface area (Å²) in [5, 5.41) is 11.5. The maximum atomic E-state index is 13.6. The molecule has 5 nitrogen and oxygen atoms in total. The lowest BCUT2D eigenvalue weighted by atomic mass is 9.61. The van der Waals surface area contributed by atoms with Crippen molar-refractivity contribution in [1.82, 2.24) is 10.2 Å². The van der Waals surface area contributed by atoms with Crippen LogP contribution >= 0.6 is 0 Å². The average Bonchev–Trinajstić information content (AvgIpc) is 2.48. The topological polar surface area (TPSA) is 65.4 Å². The molecule has 1 saturated heterocycles. The summed E-state index contributed by atoms with van der Waals surface area (Å²) in [7, 11) is 1.71. The van der Waals surface area contributed by atoms with Gasteiger partial charge in [-0.3, -0.25) is 0 Å². The first-order chi connectivity index (χ1) is 11.6. The van der Waals surface area contributed by atoms with Gasteiger partial charge < -0.3 is 15.0 Å². The lowest BCUT2D eigenvalue weighted by Gasteiger charge is -2.56. The number of methoxy groups -OCH3 is 1. The summed E-state index contributed by atoms with van der Waals surface area (Å²) in [6, 6.07) is 6.03. The molecule has 3 rings (SSSR count). The number of rotatable bonds is 5. The van der Waals surface area contributed by atoms with Crippen LogP contribution in [0.2, 0.25) is 0 Å². The molecule has 1 saturated carbocycles. The Bertz CT molecular complexity index is 661. The fourth-order valence-corrected chi connectivity index (χ4v) is 3.68. The number of halogens is 1. The van der Waals surface area contributed by atoms with Crippen LogP contribution in [-0.2, 0) is 11.3 Å². The lowest BCUT2D eigenvalue weighted by molar-refractivity contribution is -0.0939. The van der Waals surface area contributed by atoms with E-state index in [0.717, 1.165) is 13.1 Å². The molecule has 1 aliphatic carbocycles. The number of carbonyl (C=O) groups excluding carboxylic acids is 1. The highest BCUT2D eigenvalue weighted by molar-refractivity contribution is 5.75. The minimum atomic E-state index is -0.558. The molecular weight excluding hydrogens is 309 g/mol. The van der Waals surface area contributed by atoms with Gasteiger partial charge in [-0.1, -0.05) is 12.5 Å². The molecule has 0 atom stereocenters. The number of benzene rings is 1. The number of nitrogens with one attached hydrogen (secondary N) is 1. The second kappa shape index (κ2) is 6.78. The van der Waals surface area contributed by atoms with E-state index < -0.39 is 5.82 Å². The number of urea groups is 1.